The van der Waals surface area contributed by atoms with Crippen molar-refractivity contribution in [2.24, 2.45) is 0 Å². The van der Waals surface area contributed by atoms with Crippen LogP contribution < -0.4 is 5.32 Å². The average molecular weight is 425 g/mol. The predicted molar refractivity (Wildman–Crippen MR) is 111 cm³/mol. The first kappa shape index (κ1) is 20.8. The highest BCUT2D eigenvalue weighted by molar-refractivity contribution is 5.91. The van der Waals surface area contributed by atoms with Crippen LogP contribution in [0.5, 0.6) is 0 Å². The molecule has 3 aromatic rings. The first-order chi connectivity index (χ1) is 15.0. The van der Waals surface area contributed by atoms with E-state index in [2.05, 4.69) is 10.3 Å². The van der Waals surface area contributed by atoms with E-state index in [1.54, 1.807) is 42.2 Å². The van der Waals surface area contributed by atoms with Crippen molar-refractivity contribution in [1.82, 2.24) is 15.2 Å². The lowest BCUT2D eigenvalue weighted by Gasteiger charge is -2.32. The summed E-state index contributed by atoms with van der Waals surface area (Å²) in [6.07, 6.45) is 3.47. The summed E-state index contributed by atoms with van der Waals surface area (Å²) in [4.78, 5) is 30.7. The van der Waals surface area contributed by atoms with E-state index in [9.17, 15) is 14.0 Å². The second-order valence-corrected chi connectivity index (χ2v) is 7.64. The van der Waals surface area contributed by atoms with Gasteiger partial charge in [-0.05, 0) is 44.0 Å². The van der Waals surface area contributed by atoms with Crippen molar-refractivity contribution in [1.29, 1.82) is 0 Å². The molecule has 1 aliphatic heterocycles. The van der Waals surface area contributed by atoms with Gasteiger partial charge in [0.1, 0.15) is 11.6 Å². The standard InChI is InChI=1S/C23H24FN3O4/c1-15-6-7-19(30-15)23(29)26-16-10-12-27(13-11-16)22(28)9-8-21-25-14-20(31-21)17-4-2-3-5-18(17)24/h2-7,14,16H,8-13H2,1H3,(H,26,29). The van der Waals surface area contributed by atoms with E-state index in [1.807, 2.05) is 0 Å². The summed E-state index contributed by atoms with van der Waals surface area (Å²) in [5.74, 6) is 1.16. The van der Waals surface area contributed by atoms with Gasteiger partial charge in [0.15, 0.2) is 17.4 Å². The minimum atomic E-state index is -0.376. The zero-order valence-corrected chi connectivity index (χ0v) is 17.3. The number of likely N-dealkylation sites (tertiary alicyclic amines) is 1. The number of carbonyl (C=O) groups is 2. The third-order valence-electron chi connectivity index (χ3n) is 5.39. The van der Waals surface area contributed by atoms with Crippen LogP contribution in [0.1, 0.15) is 41.5 Å². The molecule has 1 aromatic carbocycles. The van der Waals surface area contributed by atoms with Crippen LogP contribution in [0.15, 0.2) is 51.4 Å². The van der Waals surface area contributed by atoms with Gasteiger partial charge in [-0.2, -0.15) is 0 Å². The minimum absolute atomic E-state index is 0.0111. The molecule has 162 valence electrons. The highest BCUT2D eigenvalue weighted by Crippen LogP contribution is 2.24. The van der Waals surface area contributed by atoms with Gasteiger partial charge in [0.2, 0.25) is 5.91 Å². The molecule has 8 heteroatoms. The summed E-state index contributed by atoms with van der Waals surface area (Å²) >= 11 is 0. The summed E-state index contributed by atoms with van der Waals surface area (Å²) in [5.41, 5.74) is 0.349. The lowest BCUT2D eigenvalue weighted by atomic mass is 10.0. The van der Waals surface area contributed by atoms with Crippen LogP contribution >= 0.6 is 0 Å². The Hall–Kier alpha value is -3.42. The Morgan fingerprint density at radius 1 is 1.16 bits per heavy atom. The third-order valence-corrected chi connectivity index (χ3v) is 5.39. The number of hydrogen-bond acceptors (Lipinski definition) is 5. The molecule has 0 unspecified atom stereocenters. The van der Waals surface area contributed by atoms with Crippen molar-refractivity contribution in [2.45, 2.75) is 38.6 Å². The van der Waals surface area contributed by atoms with Gasteiger partial charge in [-0.1, -0.05) is 12.1 Å². The van der Waals surface area contributed by atoms with Gasteiger partial charge in [0, 0.05) is 32.0 Å². The number of halogens is 1. The van der Waals surface area contributed by atoms with Crippen molar-refractivity contribution in [3.8, 4) is 11.3 Å². The van der Waals surface area contributed by atoms with Gasteiger partial charge in [-0.15, -0.1) is 0 Å². The quantitative estimate of drug-likeness (QED) is 0.650. The van der Waals surface area contributed by atoms with Gasteiger partial charge in [-0.25, -0.2) is 9.37 Å². The number of hydrogen-bond donors (Lipinski definition) is 1. The average Bonchev–Trinajstić information content (AvgIpc) is 3.42. The summed E-state index contributed by atoms with van der Waals surface area (Å²) in [6.45, 7) is 2.94. The largest absolute Gasteiger partial charge is 0.456 e. The molecule has 3 heterocycles. The van der Waals surface area contributed by atoms with Crippen LogP contribution in [0, 0.1) is 12.7 Å². The molecule has 0 atom stereocenters. The zero-order valence-electron chi connectivity index (χ0n) is 17.3. The Kier molecular flexibility index (Phi) is 6.16. The van der Waals surface area contributed by atoms with Gasteiger partial charge in [0.25, 0.3) is 5.91 Å². The van der Waals surface area contributed by atoms with Gasteiger partial charge < -0.3 is 19.1 Å². The summed E-state index contributed by atoms with van der Waals surface area (Å²) in [5, 5.41) is 2.96. The molecule has 1 fully saturated rings. The Morgan fingerprint density at radius 2 is 1.94 bits per heavy atom. The molecule has 0 radical (unpaired) electrons. The number of benzene rings is 1. The van der Waals surface area contributed by atoms with Gasteiger partial charge in [0.05, 0.1) is 11.8 Å². The van der Waals surface area contributed by atoms with Crippen LogP contribution in [-0.2, 0) is 11.2 Å². The van der Waals surface area contributed by atoms with Crippen LogP contribution in [0.25, 0.3) is 11.3 Å². The molecule has 1 N–H and O–H groups in total. The Bertz CT molecular complexity index is 1070. The summed E-state index contributed by atoms with van der Waals surface area (Å²) < 4.78 is 24.8. The van der Waals surface area contributed by atoms with E-state index in [0.717, 1.165) is 0 Å². The number of aromatic nitrogens is 1. The maximum atomic E-state index is 13.9. The summed E-state index contributed by atoms with van der Waals surface area (Å²) in [6, 6.07) is 9.75. The van der Waals surface area contributed by atoms with E-state index in [4.69, 9.17) is 8.83 Å². The highest BCUT2D eigenvalue weighted by Gasteiger charge is 2.25. The first-order valence-electron chi connectivity index (χ1n) is 10.3. The SMILES string of the molecule is Cc1ccc(C(=O)NC2CCN(C(=O)CCc3ncc(-c4ccccc4F)o3)CC2)o1. The highest BCUT2D eigenvalue weighted by atomic mass is 19.1. The fraction of sp³-hybridized carbons (Fsp3) is 0.348. The number of amides is 2. The molecule has 0 aliphatic carbocycles. The van der Waals surface area contributed by atoms with Crippen LogP contribution in [0.4, 0.5) is 4.39 Å². The van der Waals surface area contributed by atoms with Crippen molar-refractivity contribution >= 4 is 11.8 Å². The molecule has 1 saturated heterocycles. The van der Waals surface area contributed by atoms with Crippen molar-refractivity contribution in [3.63, 3.8) is 0 Å². The molecular weight excluding hydrogens is 401 g/mol. The smallest absolute Gasteiger partial charge is 0.287 e. The fourth-order valence-electron chi connectivity index (χ4n) is 3.67. The zero-order chi connectivity index (χ0) is 21.8. The van der Waals surface area contributed by atoms with Crippen molar-refractivity contribution in [3.05, 3.63) is 65.8 Å². The normalized spacial score (nSPS) is 14.6. The van der Waals surface area contributed by atoms with E-state index < -0.39 is 0 Å². The monoisotopic (exact) mass is 425 g/mol. The molecule has 0 spiro atoms. The molecule has 0 saturated carbocycles. The van der Waals surface area contributed by atoms with Crippen LogP contribution in [0.3, 0.4) is 0 Å². The molecule has 7 nitrogen and oxygen atoms in total. The van der Waals surface area contributed by atoms with Gasteiger partial charge >= 0.3 is 0 Å². The van der Waals surface area contributed by atoms with Crippen molar-refractivity contribution in [2.75, 3.05) is 13.1 Å². The number of rotatable bonds is 6. The molecule has 31 heavy (non-hydrogen) atoms. The maximum Gasteiger partial charge on any atom is 0.287 e. The molecular formula is C23H24FN3O4. The minimum Gasteiger partial charge on any atom is -0.456 e. The number of carbonyl (C=O) groups excluding carboxylic acids is 2. The van der Waals surface area contributed by atoms with E-state index >= 15 is 0 Å². The number of nitrogens with zero attached hydrogens (tertiary/aromatic N) is 2. The number of piperidine rings is 1. The molecule has 2 amide bonds. The molecule has 1 aliphatic rings. The van der Waals surface area contributed by atoms with Crippen LogP contribution in [0.2, 0.25) is 0 Å². The number of aryl methyl sites for hydroxylation is 2. The fourth-order valence-corrected chi connectivity index (χ4v) is 3.67. The molecule has 2 aromatic heterocycles. The maximum absolute atomic E-state index is 13.9. The Morgan fingerprint density at radius 3 is 2.65 bits per heavy atom. The lowest BCUT2D eigenvalue weighted by Crippen LogP contribution is -2.46. The first-order valence-corrected chi connectivity index (χ1v) is 10.3. The van der Waals surface area contributed by atoms with E-state index in [1.165, 1.54) is 12.3 Å². The Balaban J connectivity index is 1.23. The van der Waals surface area contributed by atoms with Crippen LogP contribution in [-0.4, -0.2) is 40.8 Å². The predicted octanol–water partition coefficient (Wildman–Crippen LogP) is 3.74. The van der Waals surface area contributed by atoms with E-state index in [0.29, 0.717) is 61.1 Å². The van der Waals surface area contributed by atoms with E-state index in [-0.39, 0.29) is 30.1 Å². The second-order valence-electron chi connectivity index (χ2n) is 7.64. The number of nitrogens with one attached hydrogen (secondary N) is 1. The second kappa shape index (κ2) is 9.16. The molecule has 4 rings (SSSR count). The summed E-state index contributed by atoms with van der Waals surface area (Å²) in [7, 11) is 0. The number of oxazole rings is 1. The lowest BCUT2D eigenvalue weighted by molar-refractivity contribution is -0.132. The Labute approximate surface area is 179 Å². The number of furan rings is 1. The topological polar surface area (TPSA) is 88.6 Å². The van der Waals surface area contributed by atoms with Crippen molar-refractivity contribution < 1.29 is 22.8 Å². The molecule has 0 bridgehead atoms. The van der Waals surface area contributed by atoms with Gasteiger partial charge in [-0.3, -0.25) is 9.59 Å². The third kappa shape index (κ3) is 5.02.